The van der Waals surface area contributed by atoms with Gasteiger partial charge in [0.05, 0.1) is 12.0 Å². The van der Waals surface area contributed by atoms with Crippen molar-refractivity contribution in [1.29, 1.82) is 0 Å². The zero-order chi connectivity index (χ0) is 11.8. The summed E-state index contributed by atoms with van der Waals surface area (Å²) in [6.45, 7) is 4.10. The van der Waals surface area contributed by atoms with E-state index in [1.165, 1.54) is 0 Å². The van der Waals surface area contributed by atoms with Crippen LogP contribution in [0.4, 0.5) is 0 Å². The molecule has 0 saturated carbocycles. The van der Waals surface area contributed by atoms with Gasteiger partial charge in [-0.1, -0.05) is 29.8 Å². The highest BCUT2D eigenvalue weighted by Crippen LogP contribution is 2.30. The highest BCUT2D eigenvalue weighted by Gasteiger charge is 2.36. The van der Waals surface area contributed by atoms with E-state index in [2.05, 4.69) is 5.32 Å². The van der Waals surface area contributed by atoms with Crippen LogP contribution in [0.15, 0.2) is 24.3 Å². The van der Waals surface area contributed by atoms with E-state index in [0.29, 0.717) is 11.6 Å². The summed E-state index contributed by atoms with van der Waals surface area (Å²) in [7, 11) is 0. The van der Waals surface area contributed by atoms with Gasteiger partial charge in [0.1, 0.15) is 0 Å². The first-order chi connectivity index (χ1) is 7.50. The van der Waals surface area contributed by atoms with Crippen molar-refractivity contribution in [2.24, 2.45) is 5.41 Å². The predicted molar refractivity (Wildman–Crippen MR) is 62.1 cm³/mol. The molecule has 4 heteroatoms. The van der Waals surface area contributed by atoms with Crippen molar-refractivity contribution in [2.45, 2.75) is 20.1 Å². The molecule has 0 aromatic heterocycles. The first-order valence-corrected chi connectivity index (χ1v) is 5.55. The average Bonchev–Trinajstić information content (AvgIpc) is 2.23. The summed E-state index contributed by atoms with van der Waals surface area (Å²) in [5, 5.41) is 3.42. The first kappa shape index (κ1) is 11.4. The van der Waals surface area contributed by atoms with Crippen molar-refractivity contribution in [1.82, 2.24) is 5.32 Å². The second-order valence-corrected chi connectivity index (χ2v) is 4.98. The van der Waals surface area contributed by atoms with E-state index in [-0.39, 0.29) is 5.91 Å². The van der Waals surface area contributed by atoms with Gasteiger partial charge in [-0.2, -0.15) is 0 Å². The largest absolute Gasteiger partial charge is 0.353 e. The minimum atomic E-state index is -0.474. The number of halogens is 1. The number of rotatable bonds is 1. The van der Waals surface area contributed by atoms with E-state index in [1.807, 2.05) is 32.0 Å². The lowest BCUT2D eigenvalue weighted by atomic mass is 9.92. The molecule has 3 nitrogen and oxygen atoms in total. The fourth-order valence-electron chi connectivity index (χ4n) is 1.57. The molecule has 0 aliphatic carbocycles. The van der Waals surface area contributed by atoms with Gasteiger partial charge in [0, 0.05) is 10.6 Å². The zero-order valence-corrected chi connectivity index (χ0v) is 10.0. The minimum absolute atomic E-state index is 0.0105. The fraction of sp³-hybridized carbons (Fsp3) is 0.417. The van der Waals surface area contributed by atoms with Crippen LogP contribution in [0.3, 0.4) is 0 Å². The molecule has 1 aromatic rings. The number of nitrogens with one attached hydrogen (secondary N) is 1. The molecule has 16 heavy (non-hydrogen) atoms. The highest BCUT2D eigenvalue weighted by atomic mass is 35.5. The molecule has 0 spiro atoms. The van der Waals surface area contributed by atoms with Crippen LogP contribution in [-0.4, -0.2) is 12.5 Å². The monoisotopic (exact) mass is 239 g/mol. The van der Waals surface area contributed by atoms with E-state index in [0.717, 1.165) is 5.56 Å². The normalized spacial score (nSPS) is 23.9. The summed E-state index contributed by atoms with van der Waals surface area (Å²) in [6.07, 6.45) is -0.436. The number of hydrogen-bond acceptors (Lipinski definition) is 2. The van der Waals surface area contributed by atoms with Gasteiger partial charge in [0.25, 0.3) is 0 Å². The van der Waals surface area contributed by atoms with Gasteiger partial charge < -0.3 is 10.1 Å². The second-order valence-electron chi connectivity index (χ2n) is 4.57. The second kappa shape index (κ2) is 4.07. The van der Waals surface area contributed by atoms with E-state index in [4.69, 9.17) is 16.3 Å². The topological polar surface area (TPSA) is 38.3 Å². The molecule has 1 atom stereocenters. The van der Waals surface area contributed by atoms with Crippen molar-refractivity contribution >= 4 is 17.5 Å². The van der Waals surface area contributed by atoms with Gasteiger partial charge in [0.2, 0.25) is 5.91 Å². The van der Waals surface area contributed by atoms with Crippen LogP contribution in [0.5, 0.6) is 0 Å². The third-order valence-corrected chi connectivity index (χ3v) is 3.02. The van der Waals surface area contributed by atoms with E-state index in [1.54, 1.807) is 6.07 Å². The Kier molecular flexibility index (Phi) is 2.91. The van der Waals surface area contributed by atoms with Crippen molar-refractivity contribution in [3.8, 4) is 0 Å². The summed E-state index contributed by atoms with van der Waals surface area (Å²) >= 11 is 6.05. The van der Waals surface area contributed by atoms with E-state index >= 15 is 0 Å². The molecule has 1 heterocycles. The molecule has 1 fully saturated rings. The first-order valence-electron chi connectivity index (χ1n) is 5.18. The van der Waals surface area contributed by atoms with Gasteiger partial charge in [-0.05, 0) is 19.9 Å². The maximum absolute atomic E-state index is 11.8. The van der Waals surface area contributed by atoms with Gasteiger partial charge in [0.15, 0.2) is 6.23 Å². The fourth-order valence-corrected chi connectivity index (χ4v) is 1.80. The SMILES string of the molecule is CC1(C)COC(c2ccccc2Cl)NC1=O. The summed E-state index contributed by atoms with van der Waals surface area (Å²) in [5.41, 5.74) is 0.325. The average molecular weight is 240 g/mol. The Morgan fingerprint density at radius 2 is 2.12 bits per heavy atom. The smallest absolute Gasteiger partial charge is 0.230 e. The van der Waals surface area contributed by atoms with Crippen LogP contribution in [0.25, 0.3) is 0 Å². The summed E-state index contributed by atoms with van der Waals surface area (Å²) in [5.74, 6) is -0.0105. The molecule has 1 aliphatic rings. The molecular formula is C12H14ClNO2. The number of amides is 1. The van der Waals surface area contributed by atoms with Crippen LogP contribution >= 0.6 is 11.6 Å². The standard InChI is InChI=1S/C12H14ClNO2/c1-12(2)7-16-10(14-11(12)15)8-5-3-4-6-9(8)13/h3-6,10H,7H2,1-2H3,(H,14,15). The molecule has 1 aromatic carbocycles. The molecule has 1 saturated heterocycles. The minimum Gasteiger partial charge on any atom is -0.353 e. The van der Waals surface area contributed by atoms with Crippen LogP contribution in [0.1, 0.15) is 25.6 Å². The highest BCUT2D eigenvalue weighted by molar-refractivity contribution is 6.31. The summed E-state index contributed by atoms with van der Waals surface area (Å²) < 4.78 is 5.61. The number of carbonyl (C=O) groups is 1. The lowest BCUT2D eigenvalue weighted by molar-refractivity contribution is -0.150. The van der Waals surface area contributed by atoms with Crippen molar-refractivity contribution < 1.29 is 9.53 Å². The summed E-state index contributed by atoms with van der Waals surface area (Å²) in [6, 6.07) is 7.36. The lowest BCUT2D eigenvalue weighted by Gasteiger charge is -2.34. The van der Waals surface area contributed by atoms with Crippen molar-refractivity contribution in [2.75, 3.05) is 6.61 Å². The quantitative estimate of drug-likeness (QED) is 0.818. The molecule has 1 aliphatic heterocycles. The van der Waals surface area contributed by atoms with Crippen LogP contribution in [-0.2, 0) is 9.53 Å². The Morgan fingerprint density at radius 1 is 1.44 bits per heavy atom. The Balaban J connectivity index is 2.20. The number of hydrogen-bond donors (Lipinski definition) is 1. The van der Waals surface area contributed by atoms with E-state index < -0.39 is 11.6 Å². The summed E-state index contributed by atoms with van der Waals surface area (Å²) in [4.78, 5) is 11.8. The molecular weight excluding hydrogens is 226 g/mol. The van der Waals surface area contributed by atoms with Gasteiger partial charge in [-0.3, -0.25) is 4.79 Å². The molecule has 2 rings (SSSR count). The lowest BCUT2D eigenvalue weighted by Crippen LogP contribution is -2.48. The van der Waals surface area contributed by atoms with Crippen LogP contribution in [0.2, 0.25) is 5.02 Å². The van der Waals surface area contributed by atoms with Crippen molar-refractivity contribution in [3.05, 3.63) is 34.9 Å². The van der Waals surface area contributed by atoms with Crippen LogP contribution < -0.4 is 5.32 Å². The van der Waals surface area contributed by atoms with Crippen molar-refractivity contribution in [3.63, 3.8) is 0 Å². The molecule has 1 N–H and O–H groups in total. The Morgan fingerprint density at radius 3 is 2.75 bits per heavy atom. The maximum Gasteiger partial charge on any atom is 0.230 e. The van der Waals surface area contributed by atoms with Gasteiger partial charge in [-0.25, -0.2) is 0 Å². The van der Waals surface area contributed by atoms with Gasteiger partial charge >= 0.3 is 0 Å². The van der Waals surface area contributed by atoms with Gasteiger partial charge in [-0.15, -0.1) is 0 Å². The Bertz CT molecular complexity index is 417. The van der Waals surface area contributed by atoms with E-state index in [9.17, 15) is 4.79 Å². The molecule has 0 bridgehead atoms. The third-order valence-electron chi connectivity index (χ3n) is 2.68. The third kappa shape index (κ3) is 2.06. The maximum atomic E-state index is 11.8. The zero-order valence-electron chi connectivity index (χ0n) is 9.29. The van der Waals surface area contributed by atoms with Crippen LogP contribution in [0, 0.1) is 5.41 Å². The number of benzene rings is 1. The molecule has 0 radical (unpaired) electrons. The number of ether oxygens (including phenoxy) is 1. The predicted octanol–water partition coefficient (Wildman–Crippen LogP) is 2.51. The Labute approximate surface area is 99.7 Å². The molecule has 1 amide bonds. The number of carbonyl (C=O) groups excluding carboxylic acids is 1. The molecule has 86 valence electrons. The Hall–Kier alpha value is -1.06. The molecule has 1 unspecified atom stereocenters.